The van der Waals surface area contributed by atoms with Gasteiger partial charge in [0.1, 0.15) is 0 Å². The van der Waals surface area contributed by atoms with Crippen molar-refractivity contribution in [1.82, 2.24) is 5.32 Å². The van der Waals surface area contributed by atoms with Crippen LogP contribution in [0.1, 0.15) is 0 Å². The quantitative estimate of drug-likeness (QED) is 0.519. The average molecular weight is 150 g/mol. The summed E-state index contributed by atoms with van der Waals surface area (Å²) in [4.78, 5) is 0. The van der Waals surface area contributed by atoms with Crippen LogP contribution < -0.4 is 5.32 Å². The molecule has 0 aliphatic carbocycles. The number of halogens is 2. The van der Waals surface area contributed by atoms with Crippen LogP contribution in [-0.4, -0.2) is 5.38 Å². The molecule has 0 aromatic carbocycles. The Labute approximate surface area is 58.0 Å². The van der Waals surface area contributed by atoms with Crippen molar-refractivity contribution in [3.63, 3.8) is 0 Å². The molecule has 0 aromatic rings. The number of alkyl halides is 1. The Morgan fingerprint density at radius 3 is 2.75 bits per heavy atom. The van der Waals surface area contributed by atoms with Gasteiger partial charge in [0.15, 0.2) is 0 Å². The first-order valence-corrected chi connectivity index (χ1v) is 3.04. The van der Waals surface area contributed by atoms with E-state index >= 15 is 0 Å². The lowest BCUT2D eigenvalue weighted by Crippen LogP contribution is -2.06. The van der Waals surface area contributed by atoms with E-state index in [1.165, 1.54) is 0 Å². The van der Waals surface area contributed by atoms with Gasteiger partial charge in [-0.1, -0.05) is 11.6 Å². The Morgan fingerprint density at radius 1 is 1.62 bits per heavy atom. The summed E-state index contributed by atoms with van der Waals surface area (Å²) in [5.74, 6) is 0. The lowest BCUT2D eigenvalue weighted by molar-refractivity contribution is 1.10. The second kappa shape index (κ2) is 2.42. The molecule has 0 fully saturated rings. The molecule has 0 radical (unpaired) electrons. The van der Waals surface area contributed by atoms with Crippen molar-refractivity contribution in [2.45, 2.75) is 5.38 Å². The summed E-state index contributed by atoms with van der Waals surface area (Å²) in [6.07, 6.45) is 5.20. The first-order chi connectivity index (χ1) is 3.80. The van der Waals surface area contributed by atoms with Crippen molar-refractivity contribution in [2.24, 2.45) is 0 Å². The lowest BCUT2D eigenvalue weighted by atomic mass is 10.3. The summed E-state index contributed by atoms with van der Waals surface area (Å²) in [6.45, 7) is 0. The molecule has 1 unspecified atom stereocenters. The fourth-order valence-corrected chi connectivity index (χ4v) is 0.711. The van der Waals surface area contributed by atoms with E-state index in [2.05, 4.69) is 5.32 Å². The molecule has 0 bridgehead atoms. The summed E-state index contributed by atoms with van der Waals surface area (Å²) < 4.78 is 0. The Kier molecular flexibility index (Phi) is 1.81. The lowest BCUT2D eigenvalue weighted by Gasteiger charge is -2.06. The molecule has 0 saturated carbocycles. The molecule has 1 aliphatic heterocycles. The molecule has 0 amide bonds. The number of hydrogen-bond donors (Lipinski definition) is 1. The summed E-state index contributed by atoms with van der Waals surface area (Å²) in [6, 6.07) is 0. The molecule has 3 heteroatoms. The minimum Gasteiger partial charge on any atom is -0.367 e. The number of allylic oxidation sites excluding steroid dienone is 2. The Bertz CT molecular complexity index is 139. The standard InChI is InChI=1S/C5H5Cl2N/c6-4-1-2-8-3-5(4)7/h1-4,8H. The number of dihydropyridines is 1. The Morgan fingerprint density at radius 2 is 2.38 bits per heavy atom. The highest BCUT2D eigenvalue weighted by Gasteiger charge is 2.05. The second-order valence-electron chi connectivity index (χ2n) is 1.46. The van der Waals surface area contributed by atoms with E-state index in [4.69, 9.17) is 23.2 Å². The maximum Gasteiger partial charge on any atom is 0.0903 e. The van der Waals surface area contributed by atoms with Crippen LogP contribution in [0.25, 0.3) is 0 Å². The van der Waals surface area contributed by atoms with E-state index in [1.54, 1.807) is 18.5 Å². The molecule has 1 atom stereocenters. The molecule has 1 N–H and O–H groups in total. The Balaban J connectivity index is 2.63. The van der Waals surface area contributed by atoms with Gasteiger partial charge in [0.05, 0.1) is 10.4 Å². The highest BCUT2D eigenvalue weighted by Crippen LogP contribution is 2.16. The fraction of sp³-hybridized carbons (Fsp3) is 0.200. The van der Waals surface area contributed by atoms with Crippen molar-refractivity contribution < 1.29 is 0 Å². The van der Waals surface area contributed by atoms with Crippen molar-refractivity contribution in [1.29, 1.82) is 0 Å². The fourth-order valence-electron chi connectivity index (χ4n) is 0.439. The van der Waals surface area contributed by atoms with Gasteiger partial charge in [0.25, 0.3) is 0 Å². The molecule has 0 spiro atoms. The van der Waals surface area contributed by atoms with Gasteiger partial charge in [-0.2, -0.15) is 0 Å². The first-order valence-electron chi connectivity index (χ1n) is 2.23. The van der Waals surface area contributed by atoms with Crippen LogP contribution in [0.5, 0.6) is 0 Å². The smallest absolute Gasteiger partial charge is 0.0903 e. The average Bonchev–Trinajstić information content (AvgIpc) is 1.77. The van der Waals surface area contributed by atoms with Crippen LogP contribution in [0.2, 0.25) is 0 Å². The summed E-state index contributed by atoms with van der Waals surface area (Å²) >= 11 is 11.2. The zero-order chi connectivity index (χ0) is 5.98. The third kappa shape index (κ3) is 1.17. The van der Waals surface area contributed by atoms with E-state index in [0.717, 1.165) is 0 Å². The van der Waals surface area contributed by atoms with E-state index in [-0.39, 0.29) is 5.38 Å². The van der Waals surface area contributed by atoms with Crippen LogP contribution in [0.4, 0.5) is 0 Å². The van der Waals surface area contributed by atoms with E-state index < -0.39 is 0 Å². The molecule has 1 heterocycles. The molecule has 0 saturated heterocycles. The van der Waals surface area contributed by atoms with E-state index in [0.29, 0.717) is 5.03 Å². The molecule has 1 rings (SSSR count). The van der Waals surface area contributed by atoms with Gasteiger partial charge in [-0.15, -0.1) is 11.6 Å². The SMILES string of the molecule is ClC1=CNC=CC1Cl. The number of nitrogens with one attached hydrogen (secondary N) is 1. The molecule has 1 nitrogen and oxygen atoms in total. The molecule has 1 aliphatic rings. The summed E-state index contributed by atoms with van der Waals surface area (Å²) in [5.41, 5.74) is 0. The summed E-state index contributed by atoms with van der Waals surface area (Å²) in [5, 5.41) is 3.30. The molecule has 8 heavy (non-hydrogen) atoms. The van der Waals surface area contributed by atoms with Gasteiger partial charge in [-0.3, -0.25) is 0 Å². The van der Waals surface area contributed by atoms with Crippen molar-refractivity contribution in [3.05, 3.63) is 23.5 Å². The maximum absolute atomic E-state index is 5.64. The molecular formula is C5H5Cl2N. The van der Waals surface area contributed by atoms with Crippen LogP contribution in [0.3, 0.4) is 0 Å². The third-order valence-electron chi connectivity index (χ3n) is 0.846. The zero-order valence-electron chi connectivity index (χ0n) is 4.07. The van der Waals surface area contributed by atoms with E-state index in [9.17, 15) is 0 Å². The van der Waals surface area contributed by atoms with Crippen LogP contribution in [0.15, 0.2) is 23.5 Å². The van der Waals surface area contributed by atoms with Gasteiger partial charge < -0.3 is 5.32 Å². The predicted molar refractivity (Wildman–Crippen MR) is 35.9 cm³/mol. The highest BCUT2D eigenvalue weighted by atomic mass is 35.5. The Hall–Kier alpha value is -0.140. The predicted octanol–water partition coefficient (Wildman–Crippen LogP) is 1.79. The van der Waals surface area contributed by atoms with Gasteiger partial charge in [0, 0.05) is 6.20 Å². The maximum atomic E-state index is 5.64. The van der Waals surface area contributed by atoms with Gasteiger partial charge in [0.2, 0.25) is 0 Å². The normalized spacial score (nSPS) is 26.8. The largest absolute Gasteiger partial charge is 0.367 e. The monoisotopic (exact) mass is 149 g/mol. The minimum absolute atomic E-state index is 0.141. The van der Waals surface area contributed by atoms with Crippen molar-refractivity contribution in [2.75, 3.05) is 0 Å². The van der Waals surface area contributed by atoms with Crippen molar-refractivity contribution >= 4 is 23.2 Å². The molecular weight excluding hydrogens is 145 g/mol. The van der Waals surface area contributed by atoms with Gasteiger partial charge in [-0.05, 0) is 12.3 Å². The topological polar surface area (TPSA) is 12.0 Å². The van der Waals surface area contributed by atoms with E-state index in [1.807, 2.05) is 0 Å². The highest BCUT2D eigenvalue weighted by molar-refractivity contribution is 6.38. The summed E-state index contributed by atoms with van der Waals surface area (Å²) in [7, 11) is 0. The van der Waals surface area contributed by atoms with Crippen LogP contribution in [0, 0.1) is 0 Å². The van der Waals surface area contributed by atoms with Crippen molar-refractivity contribution in [3.8, 4) is 0 Å². The first kappa shape index (κ1) is 5.99. The minimum atomic E-state index is -0.141. The number of rotatable bonds is 0. The van der Waals surface area contributed by atoms with Crippen LogP contribution >= 0.6 is 23.2 Å². The third-order valence-corrected chi connectivity index (χ3v) is 1.68. The zero-order valence-corrected chi connectivity index (χ0v) is 5.58. The molecule has 0 aromatic heterocycles. The molecule has 44 valence electrons. The van der Waals surface area contributed by atoms with Gasteiger partial charge in [-0.25, -0.2) is 0 Å². The van der Waals surface area contributed by atoms with Crippen LogP contribution in [-0.2, 0) is 0 Å². The number of hydrogen-bond acceptors (Lipinski definition) is 1. The van der Waals surface area contributed by atoms with Gasteiger partial charge >= 0.3 is 0 Å². The second-order valence-corrected chi connectivity index (χ2v) is 2.36.